The summed E-state index contributed by atoms with van der Waals surface area (Å²) in [6.07, 6.45) is 9.03. The normalized spacial score (nSPS) is 18.1. The highest BCUT2D eigenvalue weighted by molar-refractivity contribution is 5.69. The molecule has 0 aliphatic carbocycles. The summed E-state index contributed by atoms with van der Waals surface area (Å²) in [6.45, 7) is 2.70. The van der Waals surface area contributed by atoms with Gasteiger partial charge in [-0.1, -0.05) is 42.5 Å². The molecule has 0 spiro atoms. The highest BCUT2D eigenvalue weighted by Crippen LogP contribution is 2.36. The summed E-state index contributed by atoms with van der Waals surface area (Å²) in [4.78, 5) is 8.96. The van der Waals surface area contributed by atoms with Gasteiger partial charge in [-0.05, 0) is 49.1 Å². The van der Waals surface area contributed by atoms with Crippen molar-refractivity contribution >= 4 is 12.2 Å². The second-order valence-corrected chi connectivity index (χ2v) is 8.03. The lowest BCUT2D eigenvalue weighted by Gasteiger charge is -2.31. The van der Waals surface area contributed by atoms with Crippen LogP contribution in [0.2, 0.25) is 0 Å². The molecule has 1 aliphatic heterocycles. The Labute approximate surface area is 186 Å². The fraction of sp³-hybridized carbons (Fsp3) is 0.240. The molecule has 0 saturated heterocycles. The number of fused-ring (bicyclic) bond motifs is 1. The van der Waals surface area contributed by atoms with Crippen LogP contribution in [0, 0.1) is 6.92 Å². The summed E-state index contributed by atoms with van der Waals surface area (Å²) in [5.74, 6) is 1.92. The monoisotopic (exact) mass is 427 g/mol. The maximum Gasteiger partial charge on any atom is 0.174 e. The van der Waals surface area contributed by atoms with Gasteiger partial charge in [0.15, 0.2) is 11.6 Å². The van der Waals surface area contributed by atoms with Crippen LogP contribution in [0.15, 0.2) is 61.1 Å². The van der Waals surface area contributed by atoms with Crippen molar-refractivity contribution in [1.29, 1.82) is 0 Å². The van der Waals surface area contributed by atoms with Crippen molar-refractivity contribution in [2.45, 2.75) is 31.9 Å². The van der Waals surface area contributed by atoms with Crippen molar-refractivity contribution in [3.8, 4) is 11.4 Å². The molecule has 4 aromatic rings. The molecule has 162 valence electrons. The largest absolute Gasteiger partial charge is 0.495 e. The molecule has 2 aromatic carbocycles. The number of aryl methyl sites for hydroxylation is 2. The summed E-state index contributed by atoms with van der Waals surface area (Å²) < 4.78 is 9.36. The van der Waals surface area contributed by atoms with E-state index in [4.69, 9.17) is 4.74 Å². The molecular weight excluding hydrogens is 402 g/mol. The predicted molar refractivity (Wildman–Crippen MR) is 122 cm³/mol. The van der Waals surface area contributed by atoms with Gasteiger partial charge >= 0.3 is 0 Å². The Morgan fingerprint density at radius 2 is 1.97 bits per heavy atom. The highest BCUT2D eigenvalue weighted by atomic mass is 16.5. The lowest BCUT2D eigenvalue weighted by atomic mass is 9.86. The van der Waals surface area contributed by atoms with Crippen LogP contribution in [0.1, 0.15) is 41.3 Å². The highest BCUT2D eigenvalue weighted by Gasteiger charge is 2.39. The summed E-state index contributed by atoms with van der Waals surface area (Å²) in [7, 11) is 1.66. The molecule has 2 aromatic heterocycles. The van der Waals surface area contributed by atoms with Crippen LogP contribution in [0.3, 0.4) is 0 Å². The Kier molecular flexibility index (Phi) is 5.11. The molecule has 0 bridgehead atoms. The smallest absolute Gasteiger partial charge is 0.174 e. The van der Waals surface area contributed by atoms with Crippen molar-refractivity contribution in [2.75, 3.05) is 7.11 Å². The average molecular weight is 428 g/mol. The summed E-state index contributed by atoms with van der Waals surface area (Å²) in [5, 5.41) is 16.0. The predicted octanol–water partition coefficient (Wildman–Crippen LogP) is 3.98. The number of imidazole rings is 1. The van der Waals surface area contributed by atoms with Crippen LogP contribution in [0.4, 0.5) is 0 Å². The van der Waals surface area contributed by atoms with Crippen LogP contribution in [-0.2, 0) is 12.1 Å². The van der Waals surface area contributed by atoms with E-state index in [9.17, 15) is 5.11 Å². The van der Waals surface area contributed by atoms with Gasteiger partial charge in [-0.25, -0.2) is 14.6 Å². The minimum atomic E-state index is -1.12. The number of hydrogen-bond acceptors (Lipinski definition) is 5. The fourth-order valence-electron chi connectivity index (χ4n) is 4.21. The molecule has 1 atom stereocenters. The van der Waals surface area contributed by atoms with Gasteiger partial charge in [0, 0.05) is 12.7 Å². The first kappa shape index (κ1) is 20.2. The van der Waals surface area contributed by atoms with Gasteiger partial charge in [-0.15, -0.1) is 0 Å². The number of benzene rings is 2. The first-order valence-electron chi connectivity index (χ1n) is 10.7. The lowest BCUT2D eigenvalue weighted by Crippen LogP contribution is -2.35. The fourth-order valence-corrected chi connectivity index (χ4v) is 4.21. The molecule has 7 nitrogen and oxygen atoms in total. The van der Waals surface area contributed by atoms with E-state index in [1.165, 1.54) is 0 Å². The Bertz CT molecular complexity index is 1270. The number of ether oxygens (including phenoxy) is 1. The number of rotatable bonds is 5. The summed E-state index contributed by atoms with van der Waals surface area (Å²) >= 11 is 0. The molecule has 0 radical (unpaired) electrons. The van der Waals surface area contributed by atoms with E-state index in [0.717, 1.165) is 41.2 Å². The number of methoxy groups -OCH3 is 1. The van der Waals surface area contributed by atoms with Gasteiger partial charge in [0.1, 0.15) is 11.4 Å². The molecule has 0 fully saturated rings. The quantitative estimate of drug-likeness (QED) is 0.521. The average Bonchev–Trinajstić information content (AvgIpc) is 3.45. The minimum Gasteiger partial charge on any atom is -0.495 e. The zero-order valence-corrected chi connectivity index (χ0v) is 18.1. The molecule has 0 amide bonds. The number of aromatic nitrogens is 5. The molecule has 5 rings (SSSR count). The van der Waals surface area contributed by atoms with Crippen LogP contribution in [-0.4, -0.2) is 36.5 Å². The lowest BCUT2D eigenvalue weighted by molar-refractivity contribution is 0.0395. The van der Waals surface area contributed by atoms with Gasteiger partial charge in [-0.2, -0.15) is 5.10 Å². The van der Waals surface area contributed by atoms with E-state index >= 15 is 0 Å². The Balaban J connectivity index is 1.44. The molecule has 0 saturated carbocycles. The van der Waals surface area contributed by atoms with Crippen molar-refractivity contribution in [1.82, 2.24) is 24.3 Å². The summed E-state index contributed by atoms with van der Waals surface area (Å²) in [6, 6.07) is 15.7. The van der Waals surface area contributed by atoms with Crippen molar-refractivity contribution in [3.05, 3.63) is 89.5 Å². The van der Waals surface area contributed by atoms with Gasteiger partial charge in [-0.3, -0.25) is 0 Å². The van der Waals surface area contributed by atoms with Gasteiger partial charge < -0.3 is 14.4 Å². The van der Waals surface area contributed by atoms with Crippen LogP contribution < -0.4 is 4.74 Å². The van der Waals surface area contributed by atoms with Gasteiger partial charge in [0.25, 0.3) is 0 Å². The Morgan fingerprint density at radius 1 is 1.12 bits per heavy atom. The van der Waals surface area contributed by atoms with E-state index < -0.39 is 5.60 Å². The van der Waals surface area contributed by atoms with Crippen LogP contribution in [0.25, 0.3) is 17.8 Å². The third kappa shape index (κ3) is 3.61. The van der Waals surface area contributed by atoms with Gasteiger partial charge in [0.05, 0.1) is 24.8 Å². The first-order chi connectivity index (χ1) is 15.6. The maximum absolute atomic E-state index is 11.4. The van der Waals surface area contributed by atoms with E-state index in [2.05, 4.69) is 15.1 Å². The minimum absolute atomic E-state index is 0.574. The molecular formula is C25H25N5O2. The molecule has 1 aliphatic rings. The van der Waals surface area contributed by atoms with Crippen LogP contribution >= 0.6 is 0 Å². The maximum atomic E-state index is 11.4. The SMILES string of the molecule is COc1cc(/C=C/c2nc3n(n2)CCC[C@]3(O)c2ccccc2)ccc1-n1cnc(C)c1. The third-order valence-electron chi connectivity index (χ3n) is 5.84. The van der Waals surface area contributed by atoms with Crippen molar-refractivity contribution in [3.63, 3.8) is 0 Å². The number of aliphatic hydroxyl groups is 1. The van der Waals surface area contributed by atoms with E-state index in [-0.39, 0.29) is 0 Å². The summed E-state index contributed by atoms with van der Waals surface area (Å²) in [5.41, 5.74) is 2.56. The van der Waals surface area contributed by atoms with Crippen LogP contribution in [0.5, 0.6) is 5.75 Å². The standard InChI is InChI=1S/C25H25N5O2/c1-18-16-29(17-26-18)21-11-9-19(15-22(21)32-2)10-12-23-27-24-25(31,13-6-14-30(24)28-23)20-7-4-3-5-8-20/h3-5,7-12,15-17,31H,6,13-14H2,1-2H3/b12-10+/t25-/m0/s1. The number of nitrogens with zero attached hydrogens (tertiary/aromatic N) is 5. The molecule has 0 unspecified atom stereocenters. The Hall–Kier alpha value is -3.71. The Morgan fingerprint density at radius 3 is 2.72 bits per heavy atom. The zero-order chi connectivity index (χ0) is 22.1. The topological polar surface area (TPSA) is 78.0 Å². The van der Waals surface area contributed by atoms with E-state index in [1.807, 2.05) is 83.1 Å². The van der Waals surface area contributed by atoms with Crippen molar-refractivity contribution < 1.29 is 9.84 Å². The molecule has 32 heavy (non-hydrogen) atoms. The van der Waals surface area contributed by atoms with E-state index in [1.54, 1.807) is 13.4 Å². The zero-order valence-electron chi connectivity index (χ0n) is 18.1. The molecule has 1 N–H and O–H groups in total. The third-order valence-corrected chi connectivity index (χ3v) is 5.84. The second-order valence-electron chi connectivity index (χ2n) is 8.03. The van der Waals surface area contributed by atoms with Gasteiger partial charge in [0.2, 0.25) is 0 Å². The molecule has 3 heterocycles. The first-order valence-corrected chi connectivity index (χ1v) is 10.7. The van der Waals surface area contributed by atoms with E-state index in [0.29, 0.717) is 18.1 Å². The van der Waals surface area contributed by atoms with Crippen molar-refractivity contribution in [2.24, 2.45) is 0 Å². The molecule has 7 heteroatoms. The second kappa shape index (κ2) is 8.09. The number of hydrogen-bond donors (Lipinski definition) is 1.